The highest BCUT2D eigenvalue weighted by Gasteiger charge is 2.45. The van der Waals surface area contributed by atoms with E-state index in [4.69, 9.17) is 10.8 Å². The van der Waals surface area contributed by atoms with Crippen LogP contribution in [0.5, 0.6) is 5.75 Å². The van der Waals surface area contributed by atoms with Gasteiger partial charge in [-0.05, 0) is 49.9 Å². The minimum atomic E-state index is -0.898. The number of halogens is 1. The van der Waals surface area contributed by atoms with Crippen molar-refractivity contribution < 1.29 is 19.1 Å². The minimum Gasteiger partial charge on any atom is -0.503 e. The van der Waals surface area contributed by atoms with Crippen LogP contribution < -0.4 is 10.7 Å². The second kappa shape index (κ2) is 12.1. The maximum Gasteiger partial charge on any atom is 0.275 e. The van der Waals surface area contributed by atoms with Gasteiger partial charge in [-0.25, -0.2) is 4.39 Å². The average Bonchev–Trinajstić information content (AvgIpc) is 2.89. The second-order valence-corrected chi connectivity index (χ2v) is 11.2. The Labute approximate surface area is 231 Å². The molecule has 3 rings (SSSR count). The number of hydrogen-bond donors (Lipinski definition) is 5. The Bertz CT molecular complexity index is 1330. The second-order valence-electron chi connectivity index (χ2n) is 10.1. The lowest BCUT2D eigenvalue weighted by molar-refractivity contribution is -0.137. The van der Waals surface area contributed by atoms with Crippen LogP contribution in [0.3, 0.4) is 0 Å². The molecule has 2 amide bonds. The lowest BCUT2D eigenvalue weighted by Crippen LogP contribution is -2.62. The van der Waals surface area contributed by atoms with E-state index >= 15 is 0 Å². The number of benzene rings is 1. The summed E-state index contributed by atoms with van der Waals surface area (Å²) in [4.78, 5) is 44.7. The van der Waals surface area contributed by atoms with Crippen molar-refractivity contribution in [1.82, 2.24) is 20.1 Å². The zero-order valence-electron chi connectivity index (χ0n) is 22.7. The molecule has 0 spiro atoms. The number of nitrogens with one attached hydrogen (secondary N) is 4. The van der Waals surface area contributed by atoms with E-state index < -0.39 is 28.6 Å². The molecule has 1 heterocycles. The summed E-state index contributed by atoms with van der Waals surface area (Å²) in [6, 6.07) is 5.63. The number of carbonyl (C=O) groups is 2. The van der Waals surface area contributed by atoms with Gasteiger partial charge in [-0.15, -0.1) is 0 Å². The van der Waals surface area contributed by atoms with Gasteiger partial charge in [0.25, 0.3) is 5.91 Å². The lowest BCUT2D eigenvalue weighted by atomic mass is 9.73. The molecule has 1 aliphatic carbocycles. The number of aromatic amines is 1. The Balaban J connectivity index is 1.76. The zero-order valence-corrected chi connectivity index (χ0v) is 23.5. The van der Waals surface area contributed by atoms with E-state index in [1.807, 2.05) is 6.92 Å². The van der Waals surface area contributed by atoms with Crippen LogP contribution in [0.25, 0.3) is 0 Å². The quantitative estimate of drug-likeness (QED) is 0.200. The van der Waals surface area contributed by atoms with Crippen molar-refractivity contribution in [2.75, 3.05) is 28.2 Å². The highest BCUT2D eigenvalue weighted by Crippen LogP contribution is 2.39. The topological polar surface area (TPSA) is 153 Å². The monoisotopic (exact) mass is 558 g/mol. The molecule has 1 aliphatic rings. The number of amides is 2. The Kier molecular flexibility index (Phi) is 9.34. The molecule has 0 bridgehead atoms. The van der Waals surface area contributed by atoms with Gasteiger partial charge in [-0.1, -0.05) is 30.8 Å². The molecule has 0 aliphatic heterocycles. The molecular weight excluding hydrogens is 523 g/mol. The van der Waals surface area contributed by atoms with Gasteiger partial charge in [0.15, 0.2) is 11.4 Å². The third kappa shape index (κ3) is 6.39. The molecule has 2 aromatic rings. The molecule has 1 fully saturated rings. The molecule has 1 unspecified atom stereocenters. The molecule has 210 valence electrons. The van der Waals surface area contributed by atoms with E-state index in [2.05, 4.69) is 10.3 Å². The Hall–Kier alpha value is -3.51. The molecule has 1 saturated carbocycles. The first-order chi connectivity index (χ1) is 18.3. The van der Waals surface area contributed by atoms with E-state index in [0.29, 0.717) is 24.8 Å². The molecule has 1 aromatic carbocycles. The van der Waals surface area contributed by atoms with Crippen molar-refractivity contribution in [3.05, 3.63) is 63.3 Å². The lowest BCUT2D eigenvalue weighted by Gasteiger charge is -2.48. The standard InChI is InChI=1S/C27H35FN6O4S/c1-15-13-27(31-2,11-10-18(15)25(37)33(3)4)34(5)26(38)21-23(36)22(35)19(14-32-21)24(30)39-20(29)12-16-6-8-17(28)9-7-16/h6-9,14-15,18,29-31,36H,10-13H2,1-5H3,(H,32,35)/t15-,18+,27?/m1/s1. The number of carbonyl (C=O) groups excluding carboxylic acids is 2. The van der Waals surface area contributed by atoms with Crippen LogP contribution in [-0.2, 0) is 11.2 Å². The summed E-state index contributed by atoms with van der Waals surface area (Å²) in [5, 5.41) is 30.1. The van der Waals surface area contributed by atoms with Crippen LogP contribution in [-0.4, -0.2) is 75.6 Å². The molecular formula is C27H35FN6O4S. The van der Waals surface area contributed by atoms with Crippen molar-refractivity contribution in [3.8, 4) is 5.75 Å². The zero-order chi connectivity index (χ0) is 29.1. The number of thioether (sulfide) groups is 1. The van der Waals surface area contributed by atoms with Crippen molar-refractivity contribution in [2.24, 2.45) is 11.8 Å². The molecule has 1 aromatic heterocycles. The number of hydrogen-bond acceptors (Lipinski definition) is 8. The van der Waals surface area contributed by atoms with Gasteiger partial charge in [0.2, 0.25) is 11.3 Å². The van der Waals surface area contributed by atoms with Crippen LogP contribution in [0.15, 0.2) is 35.3 Å². The van der Waals surface area contributed by atoms with E-state index in [-0.39, 0.29) is 45.5 Å². The van der Waals surface area contributed by atoms with Gasteiger partial charge in [0.05, 0.1) is 16.3 Å². The number of rotatable bonds is 7. The van der Waals surface area contributed by atoms with Crippen molar-refractivity contribution in [3.63, 3.8) is 0 Å². The average molecular weight is 559 g/mol. The minimum absolute atomic E-state index is 0.0194. The van der Waals surface area contributed by atoms with Crippen molar-refractivity contribution in [2.45, 2.75) is 38.3 Å². The van der Waals surface area contributed by atoms with Gasteiger partial charge in [-0.2, -0.15) is 0 Å². The normalized spacial score (nSPS) is 20.8. The smallest absolute Gasteiger partial charge is 0.275 e. The summed E-state index contributed by atoms with van der Waals surface area (Å²) in [6.45, 7) is 1.97. The summed E-state index contributed by atoms with van der Waals surface area (Å²) in [6.07, 6.45) is 2.89. The van der Waals surface area contributed by atoms with Gasteiger partial charge >= 0.3 is 0 Å². The number of nitrogens with zero attached hydrogens (tertiary/aromatic N) is 2. The van der Waals surface area contributed by atoms with Crippen LogP contribution in [0.4, 0.5) is 4.39 Å². The van der Waals surface area contributed by atoms with Crippen LogP contribution in [0.2, 0.25) is 0 Å². The third-order valence-corrected chi connectivity index (χ3v) is 8.22. The first-order valence-corrected chi connectivity index (χ1v) is 13.3. The fourth-order valence-corrected chi connectivity index (χ4v) is 5.82. The van der Waals surface area contributed by atoms with Gasteiger partial charge in [0, 0.05) is 39.7 Å². The van der Waals surface area contributed by atoms with E-state index in [0.717, 1.165) is 11.8 Å². The van der Waals surface area contributed by atoms with Crippen LogP contribution >= 0.6 is 11.8 Å². The number of aromatic nitrogens is 1. The Morgan fingerprint density at radius 1 is 1.23 bits per heavy atom. The number of pyridine rings is 1. The van der Waals surface area contributed by atoms with Crippen LogP contribution in [0.1, 0.15) is 47.8 Å². The number of aromatic hydroxyl groups is 1. The summed E-state index contributed by atoms with van der Waals surface area (Å²) in [7, 11) is 6.76. The highest BCUT2D eigenvalue weighted by molar-refractivity contribution is 8.26. The Morgan fingerprint density at radius 3 is 2.44 bits per heavy atom. The van der Waals surface area contributed by atoms with Crippen LogP contribution in [0, 0.1) is 28.5 Å². The van der Waals surface area contributed by atoms with E-state index in [9.17, 15) is 23.9 Å². The maximum atomic E-state index is 13.5. The summed E-state index contributed by atoms with van der Waals surface area (Å²) >= 11 is 0.731. The van der Waals surface area contributed by atoms with Crippen molar-refractivity contribution in [1.29, 1.82) is 10.8 Å². The molecule has 3 atom stereocenters. The molecule has 5 N–H and O–H groups in total. The first kappa shape index (κ1) is 30.0. The molecule has 39 heavy (non-hydrogen) atoms. The maximum absolute atomic E-state index is 13.5. The third-order valence-electron chi connectivity index (χ3n) is 7.40. The van der Waals surface area contributed by atoms with E-state index in [1.165, 1.54) is 35.4 Å². The van der Waals surface area contributed by atoms with Gasteiger partial charge < -0.3 is 19.9 Å². The predicted molar refractivity (Wildman–Crippen MR) is 150 cm³/mol. The molecule has 0 radical (unpaired) electrons. The Morgan fingerprint density at radius 2 is 1.87 bits per heavy atom. The SMILES string of the molecule is CNC1(N(C)C(=O)c2[nH]cc(C(=N)SC(=N)Cc3ccc(F)cc3)c(=O)c2O)CC[C@H](C(=O)N(C)C)[C@H](C)C1. The molecule has 0 saturated heterocycles. The fourth-order valence-electron chi connectivity index (χ4n) is 5.07. The summed E-state index contributed by atoms with van der Waals surface area (Å²) < 4.78 is 13.1. The summed E-state index contributed by atoms with van der Waals surface area (Å²) in [5.74, 6) is -1.95. The predicted octanol–water partition coefficient (Wildman–Crippen LogP) is 3.01. The highest BCUT2D eigenvalue weighted by atomic mass is 32.2. The van der Waals surface area contributed by atoms with E-state index in [1.54, 1.807) is 33.1 Å². The molecule has 12 heteroatoms. The van der Waals surface area contributed by atoms with Gasteiger partial charge in [-0.3, -0.25) is 30.5 Å². The summed E-state index contributed by atoms with van der Waals surface area (Å²) in [5.41, 5.74) is -1.50. The number of H-pyrrole nitrogens is 1. The molecule has 10 nitrogen and oxygen atoms in total. The largest absolute Gasteiger partial charge is 0.503 e. The first-order valence-electron chi connectivity index (χ1n) is 12.5. The van der Waals surface area contributed by atoms with Gasteiger partial charge in [0.1, 0.15) is 10.9 Å². The van der Waals surface area contributed by atoms with Crippen molar-refractivity contribution >= 4 is 33.7 Å². The fraction of sp³-hybridized carbons (Fsp3) is 0.444.